The topological polar surface area (TPSA) is 43.8 Å². The number of aryl methyl sites for hydroxylation is 2. The van der Waals surface area contributed by atoms with E-state index < -0.39 is 0 Å². The number of aromatic nitrogens is 2. The molecule has 100 valence electrons. The first-order valence-electron chi connectivity index (χ1n) is 7.07. The molecule has 0 amide bonds. The van der Waals surface area contributed by atoms with Crippen molar-refractivity contribution in [3.8, 4) is 11.3 Å². The van der Waals surface area contributed by atoms with Crippen molar-refractivity contribution in [2.24, 2.45) is 5.73 Å². The van der Waals surface area contributed by atoms with E-state index in [1.807, 2.05) is 0 Å². The minimum Gasteiger partial charge on any atom is -0.327 e. The summed E-state index contributed by atoms with van der Waals surface area (Å²) in [6.45, 7) is 4.93. The maximum absolute atomic E-state index is 5.99. The fraction of sp³-hybridized carbons (Fsp3) is 0.438. The van der Waals surface area contributed by atoms with Crippen LogP contribution in [-0.2, 0) is 13.0 Å². The number of fused-ring (bicyclic) bond motifs is 1. The molecule has 1 unspecified atom stereocenters. The third-order valence-electron chi connectivity index (χ3n) is 4.06. The molecule has 3 heteroatoms. The molecule has 0 saturated heterocycles. The van der Waals surface area contributed by atoms with E-state index in [2.05, 4.69) is 42.7 Å². The van der Waals surface area contributed by atoms with Gasteiger partial charge in [-0.2, -0.15) is 0 Å². The summed E-state index contributed by atoms with van der Waals surface area (Å²) in [5.41, 5.74) is 10.7. The first-order chi connectivity index (χ1) is 9.20. The largest absolute Gasteiger partial charge is 0.327 e. The van der Waals surface area contributed by atoms with Gasteiger partial charge in [-0.05, 0) is 26.7 Å². The number of rotatable bonds is 2. The molecule has 0 fully saturated rings. The lowest BCUT2D eigenvalue weighted by Gasteiger charge is -2.23. The first kappa shape index (κ1) is 12.4. The van der Waals surface area contributed by atoms with E-state index in [1.54, 1.807) is 0 Å². The lowest BCUT2D eigenvalue weighted by molar-refractivity contribution is 0.415. The van der Waals surface area contributed by atoms with Gasteiger partial charge in [0.1, 0.15) is 5.82 Å². The monoisotopic (exact) mass is 255 g/mol. The van der Waals surface area contributed by atoms with Crippen molar-refractivity contribution in [3.63, 3.8) is 0 Å². The molecule has 0 saturated carbocycles. The Morgan fingerprint density at radius 3 is 2.74 bits per heavy atom. The van der Waals surface area contributed by atoms with Gasteiger partial charge >= 0.3 is 0 Å². The number of hydrogen-bond donors (Lipinski definition) is 1. The summed E-state index contributed by atoms with van der Waals surface area (Å²) >= 11 is 0. The maximum atomic E-state index is 5.99. The van der Waals surface area contributed by atoms with E-state index in [-0.39, 0.29) is 0 Å². The highest BCUT2D eigenvalue weighted by Gasteiger charge is 2.23. The third kappa shape index (κ3) is 2.08. The molecule has 1 aromatic carbocycles. The van der Waals surface area contributed by atoms with Gasteiger partial charge in [0, 0.05) is 24.6 Å². The molecule has 19 heavy (non-hydrogen) atoms. The molecule has 3 rings (SSSR count). The summed E-state index contributed by atoms with van der Waals surface area (Å²) in [5.74, 6) is 1.20. The Morgan fingerprint density at radius 2 is 2.05 bits per heavy atom. The van der Waals surface area contributed by atoms with Crippen LogP contribution in [0.4, 0.5) is 0 Å². The van der Waals surface area contributed by atoms with Crippen molar-refractivity contribution in [2.45, 2.75) is 45.7 Å². The lowest BCUT2D eigenvalue weighted by atomic mass is 10.1. The fourth-order valence-corrected chi connectivity index (χ4v) is 3.04. The number of imidazole rings is 1. The van der Waals surface area contributed by atoms with Gasteiger partial charge in [0.15, 0.2) is 0 Å². The van der Waals surface area contributed by atoms with E-state index in [0.29, 0.717) is 12.6 Å². The zero-order chi connectivity index (χ0) is 13.4. The van der Waals surface area contributed by atoms with Crippen LogP contribution in [0.25, 0.3) is 11.3 Å². The second-order valence-corrected chi connectivity index (χ2v) is 5.50. The quantitative estimate of drug-likeness (QED) is 0.895. The second-order valence-electron chi connectivity index (χ2n) is 5.50. The van der Waals surface area contributed by atoms with E-state index in [0.717, 1.165) is 12.1 Å². The van der Waals surface area contributed by atoms with Crippen LogP contribution in [0.1, 0.15) is 42.9 Å². The fourth-order valence-electron chi connectivity index (χ4n) is 3.04. The van der Waals surface area contributed by atoms with Crippen LogP contribution >= 0.6 is 0 Å². The summed E-state index contributed by atoms with van der Waals surface area (Å²) in [6.07, 6.45) is 3.53. The molecule has 1 aliphatic heterocycles. The molecule has 2 aromatic rings. The zero-order valence-corrected chi connectivity index (χ0v) is 11.7. The minimum atomic E-state index is 0.522. The second kappa shape index (κ2) is 4.82. The van der Waals surface area contributed by atoms with E-state index in [9.17, 15) is 0 Å². The van der Waals surface area contributed by atoms with Crippen LogP contribution in [0.2, 0.25) is 0 Å². The minimum absolute atomic E-state index is 0.522. The van der Waals surface area contributed by atoms with Crippen LogP contribution in [-0.4, -0.2) is 9.55 Å². The highest BCUT2D eigenvalue weighted by Crippen LogP contribution is 2.32. The molecule has 3 nitrogen and oxygen atoms in total. The predicted octanol–water partition coefficient (Wildman–Crippen LogP) is 3.21. The van der Waals surface area contributed by atoms with E-state index >= 15 is 0 Å². The predicted molar refractivity (Wildman–Crippen MR) is 77.9 cm³/mol. The van der Waals surface area contributed by atoms with Crippen molar-refractivity contribution in [1.82, 2.24) is 9.55 Å². The van der Waals surface area contributed by atoms with Crippen molar-refractivity contribution < 1.29 is 0 Å². The van der Waals surface area contributed by atoms with Crippen LogP contribution in [0.5, 0.6) is 0 Å². The third-order valence-corrected chi connectivity index (χ3v) is 4.06. The average molecular weight is 255 g/mol. The lowest BCUT2D eigenvalue weighted by Crippen LogP contribution is -2.19. The SMILES string of the molecule is Cc1ccc(-c2nc3n(c2CN)C(C)CCC3)cc1. The van der Waals surface area contributed by atoms with Crippen LogP contribution < -0.4 is 5.73 Å². The molecule has 0 aliphatic carbocycles. The van der Waals surface area contributed by atoms with Gasteiger partial charge in [-0.3, -0.25) is 0 Å². The molecule has 1 aromatic heterocycles. The normalized spacial score (nSPS) is 18.4. The number of nitrogens with two attached hydrogens (primary N) is 1. The number of hydrogen-bond acceptors (Lipinski definition) is 2. The zero-order valence-electron chi connectivity index (χ0n) is 11.7. The smallest absolute Gasteiger partial charge is 0.109 e. The Balaban J connectivity index is 2.14. The van der Waals surface area contributed by atoms with Crippen molar-refractivity contribution in [1.29, 1.82) is 0 Å². The van der Waals surface area contributed by atoms with Gasteiger partial charge < -0.3 is 10.3 Å². The molecule has 0 radical (unpaired) electrons. The Morgan fingerprint density at radius 1 is 1.32 bits per heavy atom. The first-order valence-corrected chi connectivity index (χ1v) is 7.07. The summed E-state index contributed by atoms with van der Waals surface area (Å²) in [7, 11) is 0. The van der Waals surface area contributed by atoms with Crippen LogP contribution in [0, 0.1) is 6.92 Å². The Bertz CT molecular complexity index is 581. The van der Waals surface area contributed by atoms with Gasteiger partial charge in [0.25, 0.3) is 0 Å². The van der Waals surface area contributed by atoms with Crippen LogP contribution in [0.3, 0.4) is 0 Å². The Hall–Kier alpha value is -1.61. The van der Waals surface area contributed by atoms with Crippen molar-refractivity contribution >= 4 is 0 Å². The number of benzene rings is 1. The molecule has 0 spiro atoms. The molecule has 0 bridgehead atoms. The highest BCUT2D eigenvalue weighted by molar-refractivity contribution is 5.63. The molecule has 2 heterocycles. The van der Waals surface area contributed by atoms with Gasteiger partial charge in [-0.15, -0.1) is 0 Å². The van der Waals surface area contributed by atoms with Gasteiger partial charge in [0.05, 0.1) is 11.4 Å². The van der Waals surface area contributed by atoms with Gasteiger partial charge in [-0.1, -0.05) is 29.8 Å². The molecule has 1 aliphatic rings. The number of nitrogens with zero attached hydrogens (tertiary/aromatic N) is 2. The maximum Gasteiger partial charge on any atom is 0.109 e. The standard InChI is InChI=1S/C16H21N3/c1-11-6-8-13(9-7-11)16-14(10-17)19-12(2)4-3-5-15(19)18-16/h6-9,12H,3-5,10,17H2,1-2H3. The molecular weight excluding hydrogens is 234 g/mol. The molecular formula is C16H21N3. The van der Waals surface area contributed by atoms with E-state index in [1.165, 1.54) is 35.5 Å². The summed E-state index contributed by atoms with van der Waals surface area (Å²) in [6, 6.07) is 9.09. The van der Waals surface area contributed by atoms with Crippen molar-refractivity contribution in [2.75, 3.05) is 0 Å². The van der Waals surface area contributed by atoms with Crippen LogP contribution in [0.15, 0.2) is 24.3 Å². The Labute approximate surface area is 114 Å². The molecule has 1 atom stereocenters. The highest BCUT2D eigenvalue weighted by atomic mass is 15.1. The van der Waals surface area contributed by atoms with Gasteiger partial charge in [-0.25, -0.2) is 4.98 Å². The van der Waals surface area contributed by atoms with Crippen molar-refractivity contribution in [3.05, 3.63) is 41.3 Å². The summed E-state index contributed by atoms with van der Waals surface area (Å²) < 4.78 is 2.36. The molecule has 2 N–H and O–H groups in total. The summed E-state index contributed by atoms with van der Waals surface area (Å²) in [4.78, 5) is 4.85. The van der Waals surface area contributed by atoms with E-state index in [4.69, 9.17) is 10.7 Å². The average Bonchev–Trinajstić information content (AvgIpc) is 2.79. The Kier molecular flexibility index (Phi) is 3.15. The van der Waals surface area contributed by atoms with Gasteiger partial charge in [0.2, 0.25) is 0 Å². The summed E-state index contributed by atoms with van der Waals surface area (Å²) in [5, 5.41) is 0.